The van der Waals surface area contributed by atoms with Crippen molar-refractivity contribution in [2.24, 2.45) is 0 Å². The standard InChI is InChI=1S/C20H19NO5S/c22-20(25-14-17-13-16-5-1-2-6-19(16)26-17)15-7-9-18(10-8-15)27(23,24)21-11-3-4-12-21/h1-2,5-10,13H,3-4,11-12,14H2. The lowest BCUT2D eigenvalue weighted by molar-refractivity contribution is 0.0447. The molecular formula is C20H19NO5S. The van der Waals surface area contributed by atoms with Gasteiger partial charge in [-0.3, -0.25) is 0 Å². The molecule has 2 aromatic carbocycles. The van der Waals surface area contributed by atoms with Crippen molar-refractivity contribution >= 4 is 27.0 Å². The molecule has 1 saturated heterocycles. The molecule has 0 atom stereocenters. The number of benzene rings is 2. The van der Waals surface area contributed by atoms with Gasteiger partial charge in [-0.15, -0.1) is 0 Å². The molecule has 3 aromatic rings. The molecule has 0 radical (unpaired) electrons. The maximum atomic E-state index is 12.5. The number of rotatable bonds is 5. The summed E-state index contributed by atoms with van der Waals surface area (Å²) in [5.41, 5.74) is 1.03. The van der Waals surface area contributed by atoms with E-state index in [2.05, 4.69) is 0 Å². The summed E-state index contributed by atoms with van der Waals surface area (Å²) in [5.74, 6) is 0.0263. The summed E-state index contributed by atoms with van der Waals surface area (Å²) in [4.78, 5) is 12.4. The first-order valence-electron chi connectivity index (χ1n) is 8.79. The molecule has 7 heteroatoms. The second-order valence-corrected chi connectivity index (χ2v) is 8.40. The Bertz CT molecular complexity index is 1030. The first kappa shape index (κ1) is 17.8. The molecule has 0 N–H and O–H groups in total. The zero-order valence-electron chi connectivity index (χ0n) is 14.6. The van der Waals surface area contributed by atoms with Crippen LogP contribution in [0, 0.1) is 0 Å². The molecule has 27 heavy (non-hydrogen) atoms. The van der Waals surface area contributed by atoms with Crippen molar-refractivity contribution < 1.29 is 22.4 Å². The van der Waals surface area contributed by atoms with Gasteiger partial charge in [-0.05, 0) is 49.2 Å². The van der Waals surface area contributed by atoms with Crippen LogP contribution in [0.1, 0.15) is 29.0 Å². The highest BCUT2D eigenvalue weighted by Crippen LogP contribution is 2.22. The van der Waals surface area contributed by atoms with Gasteiger partial charge in [0.2, 0.25) is 10.0 Å². The third-order valence-electron chi connectivity index (χ3n) is 4.61. The average molecular weight is 385 g/mol. The van der Waals surface area contributed by atoms with Gasteiger partial charge in [-0.2, -0.15) is 4.31 Å². The number of fused-ring (bicyclic) bond motifs is 1. The van der Waals surface area contributed by atoms with Gasteiger partial charge in [-0.1, -0.05) is 18.2 Å². The largest absolute Gasteiger partial charge is 0.457 e. The summed E-state index contributed by atoms with van der Waals surface area (Å²) in [6.07, 6.45) is 1.76. The molecule has 0 saturated carbocycles. The Morgan fingerprint density at radius 1 is 1.04 bits per heavy atom. The van der Waals surface area contributed by atoms with Crippen molar-refractivity contribution in [3.05, 3.63) is 65.9 Å². The van der Waals surface area contributed by atoms with Gasteiger partial charge >= 0.3 is 5.97 Å². The number of nitrogens with zero attached hydrogens (tertiary/aromatic N) is 1. The molecule has 6 nitrogen and oxygen atoms in total. The zero-order valence-corrected chi connectivity index (χ0v) is 15.4. The van der Waals surface area contributed by atoms with Crippen LogP contribution in [-0.2, 0) is 21.4 Å². The third-order valence-corrected chi connectivity index (χ3v) is 6.53. The van der Waals surface area contributed by atoms with Crippen LogP contribution in [0.2, 0.25) is 0 Å². The Morgan fingerprint density at radius 2 is 1.74 bits per heavy atom. The van der Waals surface area contributed by atoms with Crippen LogP contribution in [0.25, 0.3) is 11.0 Å². The van der Waals surface area contributed by atoms with E-state index in [0.717, 1.165) is 23.8 Å². The summed E-state index contributed by atoms with van der Waals surface area (Å²) in [6, 6.07) is 15.2. The third kappa shape index (κ3) is 3.61. The van der Waals surface area contributed by atoms with Crippen LogP contribution in [0.3, 0.4) is 0 Å². The Morgan fingerprint density at radius 3 is 2.44 bits per heavy atom. The van der Waals surface area contributed by atoms with E-state index in [-0.39, 0.29) is 11.5 Å². The molecule has 4 rings (SSSR count). The van der Waals surface area contributed by atoms with Gasteiger partial charge in [-0.25, -0.2) is 13.2 Å². The van der Waals surface area contributed by atoms with Gasteiger partial charge in [0.15, 0.2) is 0 Å². The van der Waals surface area contributed by atoms with Gasteiger partial charge in [0, 0.05) is 18.5 Å². The number of para-hydroxylation sites is 1. The number of sulfonamides is 1. The highest BCUT2D eigenvalue weighted by molar-refractivity contribution is 7.89. The number of furan rings is 1. The fourth-order valence-corrected chi connectivity index (χ4v) is 4.69. The Kier molecular flexibility index (Phi) is 4.72. The lowest BCUT2D eigenvalue weighted by atomic mass is 10.2. The number of hydrogen-bond acceptors (Lipinski definition) is 5. The van der Waals surface area contributed by atoms with E-state index in [1.807, 2.05) is 30.3 Å². The second-order valence-electron chi connectivity index (χ2n) is 6.46. The Labute approximate surface area is 157 Å². The summed E-state index contributed by atoms with van der Waals surface area (Å²) < 4.78 is 37.4. The predicted octanol–water partition coefficient (Wildman–Crippen LogP) is 3.57. The first-order chi connectivity index (χ1) is 13.0. The molecule has 0 unspecified atom stereocenters. The first-order valence-corrected chi connectivity index (χ1v) is 10.2. The monoisotopic (exact) mass is 385 g/mol. The van der Waals surface area contributed by atoms with Gasteiger partial charge in [0.1, 0.15) is 18.0 Å². The van der Waals surface area contributed by atoms with Crippen LogP contribution >= 0.6 is 0 Å². The number of carbonyl (C=O) groups excluding carboxylic acids is 1. The second kappa shape index (κ2) is 7.17. The molecule has 2 heterocycles. The van der Waals surface area contributed by atoms with Crippen molar-refractivity contribution in [1.29, 1.82) is 0 Å². The van der Waals surface area contributed by atoms with E-state index >= 15 is 0 Å². The van der Waals surface area contributed by atoms with Crippen molar-refractivity contribution in [3.63, 3.8) is 0 Å². The van der Waals surface area contributed by atoms with Crippen molar-refractivity contribution in [2.45, 2.75) is 24.3 Å². The quantitative estimate of drug-likeness (QED) is 0.628. The van der Waals surface area contributed by atoms with E-state index in [4.69, 9.17) is 9.15 Å². The number of carbonyl (C=O) groups is 1. The lowest BCUT2D eigenvalue weighted by Gasteiger charge is -2.15. The minimum absolute atomic E-state index is 0.0152. The van der Waals surface area contributed by atoms with Gasteiger partial charge < -0.3 is 9.15 Å². The summed E-state index contributed by atoms with van der Waals surface area (Å²) in [6.45, 7) is 1.11. The molecule has 0 spiro atoms. The number of hydrogen-bond donors (Lipinski definition) is 0. The number of ether oxygens (including phenoxy) is 1. The molecule has 0 aliphatic carbocycles. The molecule has 0 amide bonds. The summed E-state index contributed by atoms with van der Waals surface area (Å²) in [7, 11) is -3.49. The molecule has 1 aliphatic heterocycles. The van der Waals surface area contributed by atoms with E-state index in [0.29, 0.717) is 24.4 Å². The lowest BCUT2D eigenvalue weighted by Crippen LogP contribution is -2.27. The molecule has 0 bridgehead atoms. The molecule has 1 fully saturated rings. The smallest absolute Gasteiger partial charge is 0.338 e. The van der Waals surface area contributed by atoms with Crippen molar-refractivity contribution in [2.75, 3.05) is 13.1 Å². The van der Waals surface area contributed by atoms with Crippen LogP contribution in [0.5, 0.6) is 0 Å². The van der Waals surface area contributed by atoms with E-state index < -0.39 is 16.0 Å². The van der Waals surface area contributed by atoms with E-state index in [1.54, 1.807) is 0 Å². The maximum Gasteiger partial charge on any atom is 0.338 e. The average Bonchev–Trinajstić information content (AvgIpc) is 3.36. The van der Waals surface area contributed by atoms with Crippen molar-refractivity contribution in [1.82, 2.24) is 4.31 Å². The van der Waals surface area contributed by atoms with E-state index in [1.165, 1.54) is 28.6 Å². The fourth-order valence-electron chi connectivity index (χ4n) is 3.17. The van der Waals surface area contributed by atoms with Gasteiger partial charge in [0.25, 0.3) is 0 Å². The minimum atomic E-state index is -3.49. The van der Waals surface area contributed by atoms with Crippen LogP contribution < -0.4 is 0 Å². The van der Waals surface area contributed by atoms with Crippen LogP contribution in [0.15, 0.2) is 63.9 Å². The van der Waals surface area contributed by atoms with Crippen LogP contribution in [-0.4, -0.2) is 31.8 Å². The van der Waals surface area contributed by atoms with Crippen molar-refractivity contribution in [3.8, 4) is 0 Å². The molecule has 1 aliphatic rings. The number of esters is 1. The predicted molar refractivity (Wildman–Crippen MR) is 99.8 cm³/mol. The molecule has 1 aromatic heterocycles. The summed E-state index contributed by atoms with van der Waals surface area (Å²) in [5, 5.41) is 0.944. The Balaban J connectivity index is 1.43. The minimum Gasteiger partial charge on any atom is -0.457 e. The molecule has 140 valence electrons. The SMILES string of the molecule is O=C(OCc1cc2ccccc2o1)c1ccc(S(=O)(=O)N2CCCC2)cc1. The molecular weight excluding hydrogens is 366 g/mol. The van der Waals surface area contributed by atoms with Crippen LogP contribution in [0.4, 0.5) is 0 Å². The van der Waals surface area contributed by atoms with Gasteiger partial charge in [0.05, 0.1) is 10.5 Å². The fraction of sp³-hybridized carbons (Fsp3) is 0.250. The maximum absolute atomic E-state index is 12.5. The highest BCUT2D eigenvalue weighted by Gasteiger charge is 2.27. The highest BCUT2D eigenvalue weighted by atomic mass is 32.2. The summed E-state index contributed by atoms with van der Waals surface area (Å²) >= 11 is 0. The normalized spacial score (nSPS) is 15.3. The Hall–Kier alpha value is -2.64. The van der Waals surface area contributed by atoms with E-state index in [9.17, 15) is 13.2 Å². The zero-order chi connectivity index (χ0) is 18.9. The topological polar surface area (TPSA) is 76.8 Å².